The molecule has 0 fully saturated rings. The number of amides is 1. The SMILES string of the molecule is C[C@H](CN(CC(=O)NCc1cccc(CN)c1)S(=O)(=O)c1ccc(-c2ccccc2F)cc1)c1ccccc1. The van der Waals surface area contributed by atoms with Crippen molar-refractivity contribution in [3.8, 4) is 11.1 Å². The van der Waals surface area contributed by atoms with E-state index in [9.17, 15) is 17.6 Å². The van der Waals surface area contributed by atoms with Gasteiger partial charge in [-0.2, -0.15) is 4.31 Å². The fraction of sp³-hybridized carbons (Fsp3) is 0.194. The Hall–Kier alpha value is -3.85. The summed E-state index contributed by atoms with van der Waals surface area (Å²) in [5.41, 5.74) is 9.44. The van der Waals surface area contributed by atoms with Gasteiger partial charge in [-0.15, -0.1) is 0 Å². The predicted octanol–water partition coefficient (Wildman–Crippen LogP) is 5.06. The molecule has 8 heteroatoms. The molecule has 0 saturated carbocycles. The van der Waals surface area contributed by atoms with Gasteiger partial charge in [-0.3, -0.25) is 4.79 Å². The van der Waals surface area contributed by atoms with Crippen molar-refractivity contribution >= 4 is 15.9 Å². The van der Waals surface area contributed by atoms with Gasteiger partial charge in [0, 0.05) is 25.2 Å². The maximum atomic E-state index is 14.2. The van der Waals surface area contributed by atoms with Gasteiger partial charge in [0.2, 0.25) is 15.9 Å². The third kappa shape index (κ3) is 7.17. The maximum absolute atomic E-state index is 14.2. The minimum absolute atomic E-state index is 0.0336. The Bertz CT molecular complexity index is 1510. The number of nitrogens with two attached hydrogens (primary N) is 1. The Morgan fingerprint density at radius 2 is 1.56 bits per heavy atom. The maximum Gasteiger partial charge on any atom is 0.243 e. The van der Waals surface area contributed by atoms with Crippen molar-refractivity contribution in [3.05, 3.63) is 126 Å². The summed E-state index contributed by atoms with van der Waals surface area (Å²) in [5, 5.41) is 2.83. The summed E-state index contributed by atoms with van der Waals surface area (Å²) in [6, 6.07) is 29.5. The molecule has 39 heavy (non-hydrogen) atoms. The Morgan fingerprint density at radius 3 is 2.26 bits per heavy atom. The number of hydrogen-bond acceptors (Lipinski definition) is 4. The van der Waals surface area contributed by atoms with Gasteiger partial charge in [0.15, 0.2) is 0 Å². The summed E-state index contributed by atoms with van der Waals surface area (Å²) >= 11 is 0. The molecule has 6 nitrogen and oxygen atoms in total. The third-order valence-electron chi connectivity index (χ3n) is 6.56. The average molecular weight is 546 g/mol. The second-order valence-corrected chi connectivity index (χ2v) is 11.4. The average Bonchev–Trinajstić information content (AvgIpc) is 2.96. The normalized spacial score (nSPS) is 12.3. The lowest BCUT2D eigenvalue weighted by Crippen LogP contribution is -2.42. The highest BCUT2D eigenvalue weighted by atomic mass is 32.2. The van der Waals surface area contributed by atoms with E-state index in [0.717, 1.165) is 16.7 Å². The van der Waals surface area contributed by atoms with Gasteiger partial charge in [-0.05, 0) is 46.4 Å². The second kappa shape index (κ2) is 12.8. The van der Waals surface area contributed by atoms with Gasteiger partial charge in [0.05, 0.1) is 11.4 Å². The molecule has 4 aromatic rings. The number of hydrogen-bond donors (Lipinski definition) is 2. The van der Waals surface area contributed by atoms with Gasteiger partial charge in [0.1, 0.15) is 5.82 Å². The molecule has 202 valence electrons. The Morgan fingerprint density at radius 1 is 0.897 bits per heavy atom. The van der Waals surface area contributed by atoms with Crippen molar-refractivity contribution < 1.29 is 17.6 Å². The topological polar surface area (TPSA) is 92.5 Å². The number of benzene rings is 4. The van der Waals surface area contributed by atoms with Crippen LogP contribution in [0.2, 0.25) is 0 Å². The van der Waals surface area contributed by atoms with Gasteiger partial charge < -0.3 is 11.1 Å². The summed E-state index contributed by atoms with van der Waals surface area (Å²) in [7, 11) is -4.04. The van der Waals surface area contributed by atoms with E-state index in [2.05, 4.69) is 5.32 Å². The van der Waals surface area contributed by atoms with Crippen LogP contribution in [0.5, 0.6) is 0 Å². The molecule has 0 radical (unpaired) electrons. The predicted molar refractivity (Wildman–Crippen MR) is 152 cm³/mol. The number of halogens is 1. The quantitative estimate of drug-likeness (QED) is 0.276. The number of nitrogens with zero attached hydrogens (tertiary/aromatic N) is 1. The Labute approximate surface area is 229 Å². The molecule has 0 aromatic heterocycles. The smallest absolute Gasteiger partial charge is 0.243 e. The second-order valence-electron chi connectivity index (χ2n) is 9.41. The first-order valence-corrected chi connectivity index (χ1v) is 14.2. The van der Waals surface area contributed by atoms with Crippen LogP contribution >= 0.6 is 0 Å². The summed E-state index contributed by atoms with van der Waals surface area (Å²) in [5.74, 6) is -0.965. The van der Waals surface area contributed by atoms with Crippen LogP contribution in [-0.4, -0.2) is 31.7 Å². The number of carbonyl (C=O) groups excluding carboxylic acids is 1. The van der Waals surface area contributed by atoms with Crippen molar-refractivity contribution in [2.75, 3.05) is 13.1 Å². The van der Waals surface area contributed by atoms with Crippen LogP contribution in [0.25, 0.3) is 11.1 Å². The largest absolute Gasteiger partial charge is 0.351 e. The molecule has 0 aliphatic carbocycles. The molecule has 0 heterocycles. The number of sulfonamides is 1. The Kier molecular flexibility index (Phi) is 9.24. The lowest BCUT2D eigenvalue weighted by Gasteiger charge is -2.25. The van der Waals surface area contributed by atoms with Crippen LogP contribution in [0.4, 0.5) is 4.39 Å². The van der Waals surface area contributed by atoms with E-state index in [-0.39, 0.29) is 36.3 Å². The standard InChI is InChI=1S/C31H32FN3O3S/c1-23(26-10-3-2-4-11-26)21-35(22-31(36)34-20-25-9-7-8-24(18-25)19-33)39(37,38)28-16-14-27(15-17-28)29-12-5-6-13-30(29)32/h2-18,23H,19-22,33H2,1H3,(H,34,36)/t23-/m1/s1. The summed E-state index contributed by atoms with van der Waals surface area (Å²) in [4.78, 5) is 13.0. The first-order chi connectivity index (χ1) is 18.8. The molecule has 0 aliphatic rings. The minimum Gasteiger partial charge on any atom is -0.351 e. The highest BCUT2D eigenvalue weighted by molar-refractivity contribution is 7.89. The molecule has 0 bridgehead atoms. The fourth-order valence-corrected chi connectivity index (χ4v) is 5.86. The molecule has 0 unspecified atom stereocenters. The zero-order chi connectivity index (χ0) is 27.8. The molecule has 1 amide bonds. The summed E-state index contributed by atoms with van der Waals surface area (Å²) in [6.07, 6.45) is 0. The van der Waals surface area contributed by atoms with E-state index in [1.165, 1.54) is 22.5 Å². The highest BCUT2D eigenvalue weighted by Gasteiger charge is 2.28. The number of carbonyl (C=O) groups is 1. The van der Waals surface area contributed by atoms with Crippen LogP contribution in [0.15, 0.2) is 108 Å². The molecule has 4 aromatic carbocycles. The molecule has 4 rings (SSSR count). The first-order valence-electron chi connectivity index (χ1n) is 12.7. The highest BCUT2D eigenvalue weighted by Crippen LogP contribution is 2.26. The van der Waals surface area contributed by atoms with Crippen LogP contribution in [0.3, 0.4) is 0 Å². The zero-order valence-electron chi connectivity index (χ0n) is 21.8. The number of rotatable bonds is 11. The molecule has 0 spiro atoms. The zero-order valence-corrected chi connectivity index (χ0v) is 22.6. The summed E-state index contributed by atoms with van der Waals surface area (Å²) < 4.78 is 43.0. The van der Waals surface area contributed by atoms with E-state index in [1.54, 1.807) is 30.3 Å². The lowest BCUT2D eigenvalue weighted by molar-refractivity contribution is -0.121. The van der Waals surface area contributed by atoms with Crippen molar-refractivity contribution in [2.45, 2.75) is 30.8 Å². The van der Waals surface area contributed by atoms with Crippen LogP contribution in [0.1, 0.15) is 29.5 Å². The van der Waals surface area contributed by atoms with Crippen LogP contribution in [0, 0.1) is 5.82 Å². The lowest BCUT2D eigenvalue weighted by atomic mass is 10.0. The number of nitrogens with one attached hydrogen (secondary N) is 1. The van der Waals surface area contributed by atoms with Crippen LogP contribution in [-0.2, 0) is 27.9 Å². The van der Waals surface area contributed by atoms with E-state index in [1.807, 2.05) is 61.5 Å². The van der Waals surface area contributed by atoms with Gasteiger partial charge in [-0.1, -0.05) is 91.9 Å². The van der Waals surface area contributed by atoms with Gasteiger partial charge in [-0.25, -0.2) is 12.8 Å². The summed E-state index contributed by atoms with van der Waals surface area (Å²) in [6.45, 7) is 2.34. The van der Waals surface area contributed by atoms with Gasteiger partial charge in [0.25, 0.3) is 0 Å². The molecule has 1 atom stereocenters. The third-order valence-corrected chi connectivity index (χ3v) is 8.39. The van der Waals surface area contributed by atoms with Gasteiger partial charge >= 0.3 is 0 Å². The molecule has 0 saturated heterocycles. The van der Waals surface area contributed by atoms with Crippen molar-refractivity contribution in [1.29, 1.82) is 0 Å². The molecular formula is C31H32FN3O3S. The Balaban J connectivity index is 1.56. The van der Waals surface area contributed by atoms with E-state index < -0.39 is 15.9 Å². The van der Waals surface area contributed by atoms with Crippen LogP contribution < -0.4 is 11.1 Å². The van der Waals surface area contributed by atoms with Crippen molar-refractivity contribution in [2.24, 2.45) is 5.73 Å². The first kappa shape index (κ1) is 28.2. The van der Waals surface area contributed by atoms with Crippen molar-refractivity contribution in [3.63, 3.8) is 0 Å². The monoisotopic (exact) mass is 545 g/mol. The fourth-order valence-electron chi connectivity index (χ4n) is 4.37. The molecule has 3 N–H and O–H groups in total. The van der Waals surface area contributed by atoms with Crippen molar-refractivity contribution in [1.82, 2.24) is 9.62 Å². The minimum atomic E-state index is -4.04. The molecular weight excluding hydrogens is 513 g/mol. The molecule has 0 aliphatic heterocycles. The van der Waals surface area contributed by atoms with E-state index >= 15 is 0 Å². The van der Waals surface area contributed by atoms with E-state index in [0.29, 0.717) is 17.7 Å². The van der Waals surface area contributed by atoms with E-state index in [4.69, 9.17) is 5.73 Å².